The van der Waals surface area contributed by atoms with E-state index >= 15 is 0 Å². The second-order valence-electron chi connectivity index (χ2n) is 7.56. The van der Waals surface area contributed by atoms with Gasteiger partial charge in [0.15, 0.2) is 0 Å². The molecule has 7 heteroatoms. The first-order valence-electron chi connectivity index (χ1n) is 10.2. The van der Waals surface area contributed by atoms with Gasteiger partial charge in [0.05, 0.1) is 23.9 Å². The topological polar surface area (TPSA) is 67.9 Å². The summed E-state index contributed by atoms with van der Waals surface area (Å²) in [7, 11) is 1.54. The van der Waals surface area contributed by atoms with Crippen LogP contribution < -0.4 is 10.1 Å². The molecule has 0 bridgehead atoms. The Labute approximate surface area is 181 Å². The van der Waals surface area contributed by atoms with Gasteiger partial charge in [0.2, 0.25) is 0 Å². The minimum atomic E-state index is -0.982. The van der Waals surface area contributed by atoms with Crippen molar-refractivity contribution in [3.05, 3.63) is 76.7 Å². The fraction of sp³-hybridized carbons (Fsp3) is 0.333. The van der Waals surface area contributed by atoms with Gasteiger partial charge in [-0.25, -0.2) is 14.0 Å². The Morgan fingerprint density at radius 3 is 2.61 bits per heavy atom. The van der Waals surface area contributed by atoms with Gasteiger partial charge in [-0.3, -0.25) is 4.90 Å². The number of nitrogens with one attached hydrogen (secondary N) is 1. The highest BCUT2D eigenvalue weighted by atomic mass is 19.1. The molecule has 6 nitrogen and oxygen atoms in total. The number of esters is 1. The van der Waals surface area contributed by atoms with Crippen molar-refractivity contribution in [2.24, 2.45) is 0 Å². The van der Waals surface area contributed by atoms with E-state index in [9.17, 15) is 14.0 Å². The summed E-state index contributed by atoms with van der Waals surface area (Å²) in [5.41, 5.74) is 1.77. The molecule has 2 aromatic carbocycles. The number of ether oxygens (including phenoxy) is 2. The molecule has 0 fully saturated rings. The standard InChI is InChI=1S/C24H27FN2O4/c1-5-30-23(28)21-20(14-31-17-10-8-9-16(13-17)15(2)3)27(4)24(29)26-22(21)18-11-6-7-12-19(18)25/h6-13,15,22H,5,14H2,1-4H3,(H,26,29). The first kappa shape index (κ1) is 22.3. The number of hydrogen-bond acceptors (Lipinski definition) is 4. The van der Waals surface area contributed by atoms with Crippen molar-refractivity contribution in [2.45, 2.75) is 32.7 Å². The molecular formula is C24H27FN2O4. The van der Waals surface area contributed by atoms with Gasteiger partial charge in [0.25, 0.3) is 0 Å². The van der Waals surface area contributed by atoms with Crippen LogP contribution in [0.1, 0.15) is 43.9 Å². The molecule has 1 N–H and O–H groups in total. The lowest BCUT2D eigenvalue weighted by Gasteiger charge is -2.34. The van der Waals surface area contributed by atoms with Crippen molar-refractivity contribution in [2.75, 3.05) is 20.3 Å². The number of likely N-dealkylation sites (N-methyl/N-ethyl adjacent to an activating group) is 1. The molecule has 0 saturated heterocycles. The van der Waals surface area contributed by atoms with Crippen LogP contribution in [0.5, 0.6) is 5.75 Å². The number of benzene rings is 2. The van der Waals surface area contributed by atoms with E-state index in [4.69, 9.17) is 9.47 Å². The summed E-state index contributed by atoms with van der Waals surface area (Å²) < 4.78 is 25.7. The normalized spacial score (nSPS) is 16.4. The molecule has 1 aliphatic rings. The predicted octanol–water partition coefficient (Wildman–Crippen LogP) is 4.54. The zero-order valence-electron chi connectivity index (χ0n) is 18.1. The van der Waals surface area contributed by atoms with Crippen LogP contribution in [0, 0.1) is 5.82 Å². The first-order chi connectivity index (χ1) is 14.8. The van der Waals surface area contributed by atoms with Crippen LogP contribution >= 0.6 is 0 Å². The Kier molecular flexibility index (Phi) is 6.95. The molecule has 3 rings (SSSR count). The highest BCUT2D eigenvalue weighted by molar-refractivity contribution is 5.95. The summed E-state index contributed by atoms with van der Waals surface area (Å²) >= 11 is 0. The summed E-state index contributed by atoms with van der Waals surface area (Å²) in [6, 6.07) is 12.2. The highest BCUT2D eigenvalue weighted by Crippen LogP contribution is 2.32. The van der Waals surface area contributed by atoms with Crippen LogP contribution in [0.2, 0.25) is 0 Å². The largest absolute Gasteiger partial charge is 0.487 e. The Morgan fingerprint density at radius 1 is 1.19 bits per heavy atom. The van der Waals surface area contributed by atoms with Crippen molar-refractivity contribution in [1.29, 1.82) is 0 Å². The molecule has 1 heterocycles. The SMILES string of the molecule is CCOC(=O)C1=C(COc2cccc(C(C)C)c2)N(C)C(=O)NC1c1ccccc1F. The molecule has 31 heavy (non-hydrogen) atoms. The van der Waals surface area contributed by atoms with Gasteiger partial charge in [0.1, 0.15) is 18.2 Å². The van der Waals surface area contributed by atoms with Crippen LogP contribution in [-0.4, -0.2) is 37.2 Å². The van der Waals surface area contributed by atoms with E-state index in [-0.39, 0.29) is 24.4 Å². The maximum Gasteiger partial charge on any atom is 0.338 e. The number of carbonyl (C=O) groups is 2. The van der Waals surface area contributed by atoms with E-state index in [1.54, 1.807) is 19.1 Å². The molecule has 0 radical (unpaired) electrons. The van der Waals surface area contributed by atoms with Crippen LogP contribution in [0.4, 0.5) is 9.18 Å². The lowest BCUT2D eigenvalue weighted by Crippen LogP contribution is -2.48. The fourth-order valence-corrected chi connectivity index (χ4v) is 3.44. The lowest BCUT2D eigenvalue weighted by atomic mass is 9.94. The number of rotatable bonds is 7. The van der Waals surface area contributed by atoms with E-state index in [0.717, 1.165) is 5.56 Å². The zero-order valence-corrected chi connectivity index (χ0v) is 18.1. The third-order valence-corrected chi connectivity index (χ3v) is 5.19. The summed E-state index contributed by atoms with van der Waals surface area (Å²) in [5.74, 6) is -0.212. The van der Waals surface area contributed by atoms with Gasteiger partial charge in [-0.05, 0) is 36.6 Å². The second-order valence-corrected chi connectivity index (χ2v) is 7.56. The maximum absolute atomic E-state index is 14.5. The fourth-order valence-electron chi connectivity index (χ4n) is 3.44. The van der Waals surface area contributed by atoms with Crippen LogP contribution in [-0.2, 0) is 9.53 Å². The minimum absolute atomic E-state index is 0.0510. The molecule has 164 valence electrons. The monoisotopic (exact) mass is 426 g/mol. The molecule has 0 aliphatic carbocycles. The van der Waals surface area contributed by atoms with Crippen molar-refractivity contribution >= 4 is 12.0 Å². The van der Waals surface area contributed by atoms with Crippen molar-refractivity contribution in [3.8, 4) is 5.75 Å². The zero-order chi connectivity index (χ0) is 22.5. The number of urea groups is 1. The molecule has 0 spiro atoms. The highest BCUT2D eigenvalue weighted by Gasteiger charge is 2.38. The van der Waals surface area contributed by atoms with Crippen molar-refractivity contribution < 1.29 is 23.5 Å². The summed E-state index contributed by atoms with van der Waals surface area (Å²) in [6.45, 7) is 5.95. The maximum atomic E-state index is 14.5. The van der Waals surface area contributed by atoms with Gasteiger partial charge in [-0.15, -0.1) is 0 Å². The first-order valence-corrected chi connectivity index (χ1v) is 10.2. The van der Waals surface area contributed by atoms with Crippen LogP contribution in [0.25, 0.3) is 0 Å². The van der Waals surface area contributed by atoms with Crippen LogP contribution in [0.3, 0.4) is 0 Å². The third-order valence-electron chi connectivity index (χ3n) is 5.19. The molecule has 2 amide bonds. The number of hydrogen-bond donors (Lipinski definition) is 1. The number of amides is 2. The van der Waals surface area contributed by atoms with Crippen molar-refractivity contribution in [1.82, 2.24) is 10.2 Å². The van der Waals surface area contributed by atoms with E-state index in [1.807, 2.05) is 24.3 Å². The molecule has 1 unspecified atom stereocenters. The molecular weight excluding hydrogens is 399 g/mol. The Hall–Kier alpha value is -3.35. The van der Waals surface area contributed by atoms with Gasteiger partial charge < -0.3 is 14.8 Å². The van der Waals surface area contributed by atoms with Gasteiger partial charge in [-0.2, -0.15) is 0 Å². The van der Waals surface area contributed by atoms with E-state index < -0.39 is 23.9 Å². The number of carbonyl (C=O) groups excluding carboxylic acids is 2. The molecule has 2 aromatic rings. The smallest absolute Gasteiger partial charge is 0.338 e. The van der Waals surface area contributed by atoms with E-state index in [2.05, 4.69) is 19.2 Å². The number of halogens is 1. The predicted molar refractivity (Wildman–Crippen MR) is 115 cm³/mol. The Bertz CT molecular complexity index is 1000. The quantitative estimate of drug-likeness (QED) is 0.660. The number of nitrogens with zero attached hydrogens (tertiary/aromatic N) is 1. The Balaban J connectivity index is 2.03. The molecule has 1 atom stereocenters. The second kappa shape index (κ2) is 9.64. The average Bonchev–Trinajstić information content (AvgIpc) is 2.75. The van der Waals surface area contributed by atoms with Gasteiger partial charge in [-0.1, -0.05) is 44.2 Å². The van der Waals surface area contributed by atoms with Crippen LogP contribution in [0.15, 0.2) is 59.8 Å². The third kappa shape index (κ3) is 4.87. The van der Waals surface area contributed by atoms with Crippen molar-refractivity contribution in [3.63, 3.8) is 0 Å². The van der Waals surface area contributed by atoms with E-state index in [0.29, 0.717) is 17.4 Å². The average molecular weight is 426 g/mol. The molecule has 0 saturated carbocycles. The summed E-state index contributed by atoms with van der Waals surface area (Å²) in [4.78, 5) is 26.8. The summed E-state index contributed by atoms with van der Waals surface area (Å²) in [5, 5.41) is 2.70. The molecule has 1 aliphatic heterocycles. The lowest BCUT2D eigenvalue weighted by molar-refractivity contribution is -0.139. The Morgan fingerprint density at radius 2 is 1.94 bits per heavy atom. The van der Waals surface area contributed by atoms with Gasteiger partial charge in [0, 0.05) is 12.6 Å². The van der Waals surface area contributed by atoms with E-state index in [1.165, 1.54) is 24.1 Å². The molecule has 0 aromatic heterocycles. The van der Waals surface area contributed by atoms with Gasteiger partial charge >= 0.3 is 12.0 Å². The minimum Gasteiger partial charge on any atom is -0.487 e. The summed E-state index contributed by atoms with van der Waals surface area (Å²) in [6.07, 6.45) is 0.